The van der Waals surface area contributed by atoms with Gasteiger partial charge in [-0.25, -0.2) is 0 Å². The minimum atomic E-state index is -0.280. The van der Waals surface area contributed by atoms with Crippen molar-refractivity contribution in [2.45, 2.75) is 77.7 Å². The average Bonchev–Trinajstić information content (AvgIpc) is 2.33. The number of hydrogen-bond acceptors (Lipinski definition) is 2. The van der Waals surface area contributed by atoms with Crippen LogP contribution in [-0.2, 0) is 4.74 Å². The van der Waals surface area contributed by atoms with Crippen LogP contribution < -0.4 is 0 Å². The third kappa shape index (κ3) is 13.3. The maximum absolute atomic E-state index is 9.59. The maximum atomic E-state index is 9.59. The second kappa shape index (κ2) is 13.4. The summed E-state index contributed by atoms with van der Waals surface area (Å²) in [4.78, 5) is 0. The summed E-state index contributed by atoms with van der Waals surface area (Å²) >= 11 is 0. The van der Waals surface area contributed by atoms with E-state index < -0.39 is 0 Å². The first-order valence-electron chi connectivity index (χ1n) is 7.09. The first-order valence-corrected chi connectivity index (χ1v) is 7.09. The third-order valence-electron chi connectivity index (χ3n) is 2.72. The van der Waals surface area contributed by atoms with Gasteiger partial charge in [-0.05, 0) is 12.8 Å². The van der Waals surface area contributed by atoms with Gasteiger partial charge in [-0.15, -0.1) is 0 Å². The molecule has 100 valence electrons. The van der Waals surface area contributed by atoms with Crippen LogP contribution in [0.2, 0.25) is 0 Å². The number of hydrogen-bond donors (Lipinski definition) is 1. The Kier molecular flexibility index (Phi) is 12.8. The molecule has 0 aliphatic rings. The molecule has 0 aliphatic carbocycles. The average molecular weight is 240 g/mol. The van der Waals surface area contributed by atoms with Crippen LogP contribution in [0.4, 0.5) is 0 Å². The van der Waals surface area contributed by atoms with Crippen LogP contribution in [0.25, 0.3) is 0 Å². The van der Waals surface area contributed by atoms with Gasteiger partial charge in [0.1, 0.15) is 12.7 Å². The van der Waals surface area contributed by atoms with Crippen LogP contribution in [0.5, 0.6) is 0 Å². The fraction of sp³-hybridized carbons (Fsp3) is 0.867. The molecule has 0 rings (SSSR count). The molecule has 0 radical (unpaired) electrons. The van der Waals surface area contributed by atoms with E-state index in [4.69, 9.17) is 4.74 Å². The van der Waals surface area contributed by atoms with E-state index in [1.54, 1.807) is 0 Å². The molecule has 0 bridgehead atoms. The van der Waals surface area contributed by atoms with Crippen molar-refractivity contribution in [1.29, 1.82) is 0 Å². The van der Waals surface area contributed by atoms with Crippen molar-refractivity contribution in [2.24, 2.45) is 0 Å². The summed E-state index contributed by atoms with van der Waals surface area (Å²) in [6, 6.07) is 0. The minimum Gasteiger partial charge on any atom is -0.447 e. The van der Waals surface area contributed by atoms with Crippen LogP contribution in [0, 0.1) is 12.0 Å². The molecule has 0 spiro atoms. The van der Waals surface area contributed by atoms with E-state index in [1.807, 2.05) is 0 Å². The number of aliphatic hydroxyl groups excluding tert-OH is 1. The highest BCUT2D eigenvalue weighted by molar-refractivity contribution is 4.93. The third-order valence-corrected chi connectivity index (χ3v) is 2.72. The number of unbranched alkanes of at least 4 members (excludes halogenated alkanes) is 5. The molecule has 0 amide bonds. The number of aliphatic hydroxyl groups is 1. The maximum Gasteiger partial charge on any atom is 0.110 e. The van der Waals surface area contributed by atoms with Crippen molar-refractivity contribution in [1.82, 2.24) is 0 Å². The lowest BCUT2D eigenvalue weighted by molar-refractivity contribution is 0.165. The van der Waals surface area contributed by atoms with E-state index >= 15 is 0 Å². The van der Waals surface area contributed by atoms with Crippen molar-refractivity contribution >= 4 is 0 Å². The Morgan fingerprint density at radius 3 is 2.41 bits per heavy atom. The molecule has 1 unspecified atom stereocenters. The second-order valence-corrected chi connectivity index (χ2v) is 4.54. The highest BCUT2D eigenvalue weighted by Crippen LogP contribution is 2.05. The van der Waals surface area contributed by atoms with Gasteiger partial charge in [0.25, 0.3) is 0 Å². The van der Waals surface area contributed by atoms with E-state index in [2.05, 4.69) is 25.9 Å². The fourth-order valence-corrected chi connectivity index (χ4v) is 1.59. The Hall–Kier alpha value is -0.680. The summed E-state index contributed by atoms with van der Waals surface area (Å²) in [6.07, 6.45) is 12.1. The van der Waals surface area contributed by atoms with Crippen LogP contribution in [0.1, 0.15) is 71.6 Å². The summed E-state index contributed by atoms with van der Waals surface area (Å²) < 4.78 is 5.18. The summed E-state index contributed by atoms with van der Waals surface area (Å²) in [7, 11) is 0. The van der Waals surface area contributed by atoms with Gasteiger partial charge < -0.3 is 9.84 Å². The highest BCUT2D eigenvalue weighted by atomic mass is 16.5. The second-order valence-electron chi connectivity index (χ2n) is 4.54. The molecule has 0 aromatic carbocycles. The van der Waals surface area contributed by atoms with Gasteiger partial charge in [-0.3, -0.25) is 0 Å². The van der Waals surface area contributed by atoms with Crippen molar-refractivity contribution in [3.05, 3.63) is 0 Å². The molecule has 0 saturated heterocycles. The minimum absolute atomic E-state index is 0.280. The Morgan fingerprint density at radius 2 is 1.71 bits per heavy atom. The van der Waals surface area contributed by atoms with E-state index in [9.17, 15) is 5.11 Å². The molecule has 0 aliphatic heterocycles. The van der Waals surface area contributed by atoms with Crippen molar-refractivity contribution in [3.63, 3.8) is 0 Å². The van der Waals surface area contributed by atoms with Gasteiger partial charge in [0.15, 0.2) is 0 Å². The predicted octanol–water partition coefficient (Wildman–Crippen LogP) is 3.88. The molecular formula is C15H28O2. The van der Waals surface area contributed by atoms with E-state index in [0.29, 0.717) is 6.42 Å². The predicted molar refractivity (Wildman–Crippen MR) is 72.6 cm³/mol. The Balaban J connectivity index is 3.28. The van der Waals surface area contributed by atoms with Crippen LogP contribution in [0.3, 0.4) is 0 Å². The smallest absolute Gasteiger partial charge is 0.110 e. The van der Waals surface area contributed by atoms with Gasteiger partial charge >= 0.3 is 0 Å². The molecule has 0 fully saturated rings. The Labute approximate surface area is 107 Å². The van der Waals surface area contributed by atoms with Gasteiger partial charge in [-0.2, -0.15) is 0 Å². The Bertz CT molecular complexity index is 203. The highest BCUT2D eigenvalue weighted by Gasteiger charge is 2.00. The normalized spacial score (nSPS) is 11.7. The van der Waals surface area contributed by atoms with Crippen molar-refractivity contribution in [3.8, 4) is 12.0 Å². The van der Waals surface area contributed by atoms with E-state index in [1.165, 1.54) is 32.1 Å². The fourth-order valence-electron chi connectivity index (χ4n) is 1.59. The summed E-state index contributed by atoms with van der Waals surface area (Å²) in [6.45, 7) is 5.08. The molecular weight excluding hydrogens is 212 g/mol. The molecule has 17 heavy (non-hydrogen) atoms. The van der Waals surface area contributed by atoms with Crippen molar-refractivity contribution in [2.75, 3.05) is 6.61 Å². The first kappa shape index (κ1) is 16.3. The van der Waals surface area contributed by atoms with Crippen LogP contribution in [-0.4, -0.2) is 17.8 Å². The number of rotatable bonds is 10. The zero-order chi connectivity index (χ0) is 12.8. The largest absolute Gasteiger partial charge is 0.447 e. The molecule has 2 heteroatoms. The SMILES string of the molecule is CCCCCCOC#CCC(O)CCCCC. The molecule has 0 saturated carbocycles. The quantitative estimate of drug-likeness (QED) is 0.464. The molecule has 0 aromatic heterocycles. The molecule has 1 N–H and O–H groups in total. The number of ether oxygens (including phenoxy) is 1. The van der Waals surface area contributed by atoms with Crippen LogP contribution in [0.15, 0.2) is 0 Å². The molecule has 1 atom stereocenters. The zero-order valence-electron chi connectivity index (χ0n) is 11.5. The molecule has 0 heterocycles. The summed E-state index contributed by atoms with van der Waals surface area (Å²) in [5.41, 5.74) is 0. The van der Waals surface area contributed by atoms with Gasteiger partial charge in [0.05, 0.1) is 6.10 Å². The van der Waals surface area contributed by atoms with E-state index in [-0.39, 0.29) is 6.10 Å². The van der Waals surface area contributed by atoms with Crippen LogP contribution >= 0.6 is 0 Å². The van der Waals surface area contributed by atoms with Gasteiger partial charge in [0.2, 0.25) is 0 Å². The van der Waals surface area contributed by atoms with Crippen molar-refractivity contribution < 1.29 is 9.84 Å². The topological polar surface area (TPSA) is 29.5 Å². The zero-order valence-corrected chi connectivity index (χ0v) is 11.5. The lowest BCUT2D eigenvalue weighted by Gasteiger charge is -2.04. The van der Waals surface area contributed by atoms with E-state index in [0.717, 1.165) is 25.9 Å². The van der Waals surface area contributed by atoms with Gasteiger partial charge in [0, 0.05) is 6.42 Å². The summed E-state index contributed by atoms with van der Waals surface area (Å²) in [5.74, 6) is 2.88. The molecule has 0 aromatic rings. The summed E-state index contributed by atoms with van der Waals surface area (Å²) in [5, 5.41) is 9.59. The van der Waals surface area contributed by atoms with Gasteiger partial charge in [-0.1, -0.05) is 58.3 Å². The lowest BCUT2D eigenvalue weighted by atomic mass is 10.1. The Morgan fingerprint density at radius 1 is 1.00 bits per heavy atom. The first-order chi connectivity index (χ1) is 8.31. The standard InChI is InChI=1S/C15H28O2/c1-3-5-7-9-13-17-14-10-12-15(16)11-8-6-4-2/h15-16H,3-9,11-13H2,1-2H3. The molecule has 2 nitrogen and oxygen atoms in total. The lowest BCUT2D eigenvalue weighted by Crippen LogP contribution is -2.04. The monoisotopic (exact) mass is 240 g/mol.